The number of halogens is 1. The Kier molecular flexibility index (Phi) is 3.37. The van der Waals surface area contributed by atoms with Gasteiger partial charge in [0.1, 0.15) is 0 Å². The average molecular weight is 225 g/mol. The third-order valence-electron chi connectivity index (χ3n) is 2.37. The first-order valence-electron chi connectivity index (χ1n) is 4.50. The molecule has 0 unspecified atom stereocenters. The molecule has 0 radical (unpaired) electrons. The van der Waals surface area contributed by atoms with Crippen LogP contribution in [0.2, 0.25) is 0 Å². The number of hydrogen-bond donors (Lipinski definition) is 1. The van der Waals surface area contributed by atoms with Crippen molar-refractivity contribution in [3.05, 3.63) is 36.0 Å². The van der Waals surface area contributed by atoms with E-state index in [1.807, 2.05) is 42.1 Å². The summed E-state index contributed by atoms with van der Waals surface area (Å²) in [7, 11) is 3.58. The fraction of sp³-hybridized carbons (Fsp3) is 0.182. The number of fused-ring (bicyclic) bond motifs is 1. The third kappa shape index (κ3) is 1.83. The molecular formula is C11H13ClN2O. The monoisotopic (exact) mass is 224 g/mol. The van der Waals surface area contributed by atoms with Gasteiger partial charge < -0.3 is 9.88 Å². The Labute approximate surface area is 94.5 Å². The first kappa shape index (κ1) is 11.6. The lowest BCUT2D eigenvalue weighted by Gasteiger charge is -1.95. The summed E-state index contributed by atoms with van der Waals surface area (Å²) >= 11 is 0. The Morgan fingerprint density at radius 2 is 2.00 bits per heavy atom. The average Bonchev–Trinajstić information content (AvgIpc) is 2.56. The maximum Gasteiger partial charge on any atom is 0.253 e. The van der Waals surface area contributed by atoms with E-state index in [1.54, 1.807) is 7.05 Å². The largest absolute Gasteiger partial charge is 0.355 e. The Morgan fingerprint density at radius 3 is 2.67 bits per heavy atom. The lowest BCUT2D eigenvalue weighted by atomic mass is 10.2. The van der Waals surface area contributed by atoms with Crippen molar-refractivity contribution in [1.82, 2.24) is 9.88 Å². The summed E-state index contributed by atoms with van der Waals surface area (Å²) in [6.45, 7) is 0. The predicted molar refractivity (Wildman–Crippen MR) is 63.6 cm³/mol. The van der Waals surface area contributed by atoms with Gasteiger partial charge in [0.2, 0.25) is 0 Å². The van der Waals surface area contributed by atoms with Gasteiger partial charge in [-0.3, -0.25) is 4.79 Å². The van der Waals surface area contributed by atoms with E-state index in [9.17, 15) is 4.79 Å². The number of nitrogens with zero attached hydrogens (tertiary/aromatic N) is 1. The Balaban J connectivity index is 0.00000112. The predicted octanol–water partition coefficient (Wildman–Crippen LogP) is 1.96. The van der Waals surface area contributed by atoms with Crippen molar-refractivity contribution in [2.45, 2.75) is 0 Å². The van der Waals surface area contributed by atoms with Crippen LogP contribution in [0, 0.1) is 0 Å². The molecule has 0 aliphatic rings. The van der Waals surface area contributed by atoms with Crippen molar-refractivity contribution in [3.8, 4) is 0 Å². The number of carbonyl (C=O) groups is 1. The van der Waals surface area contributed by atoms with Crippen LogP contribution in [0.4, 0.5) is 0 Å². The SMILES string of the molecule is CNC(=O)c1cn(C)c2ccccc12.Cl. The summed E-state index contributed by atoms with van der Waals surface area (Å²) in [5.74, 6) is -0.0400. The van der Waals surface area contributed by atoms with Crippen LogP contribution in [0.5, 0.6) is 0 Å². The summed E-state index contributed by atoms with van der Waals surface area (Å²) in [6.07, 6.45) is 1.85. The molecule has 0 atom stereocenters. The van der Waals surface area contributed by atoms with E-state index in [-0.39, 0.29) is 18.3 Å². The first-order chi connectivity index (χ1) is 6.74. The van der Waals surface area contributed by atoms with Gasteiger partial charge in [-0.2, -0.15) is 0 Å². The number of aromatic nitrogens is 1. The molecule has 0 fully saturated rings. The number of benzene rings is 1. The fourth-order valence-corrected chi connectivity index (χ4v) is 1.66. The van der Waals surface area contributed by atoms with Crippen molar-refractivity contribution in [3.63, 3.8) is 0 Å². The van der Waals surface area contributed by atoms with Gasteiger partial charge in [-0.15, -0.1) is 12.4 Å². The van der Waals surface area contributed by atoms with Gasteiger partial charge in [-0.25, -0.2) is 0 Å². The lowest BCUT2D eigenvalue weighted by Crippen LogP contribution is -2.17. The molecule has 1 N–H and O–H groups in total. The van der Waals surface area contributed by atoms with Gasteiger partial charge in [-0.1, -0.05) is 18.2 Å². The van der Waals surface area contributed by atoms with E-state index in [2.05, 4.69) is 5.32 Å². The second-order valence-corrected chi connectivity index (χ2v) is 3.25. The van der Waals surface area contributed by atoms with Crippen molar-refractivity contribution >= 4 is 29.2 Å². The highest BCUT2D eigenvalue weighted by Gasteiger charge is 2.11. The van der Waals surface area contributed by atoms with Crippen LogP contribution in [-0.4, -0.2) is 17.5 Å². The quantitative estimate of drug-likeness (QED) is 0.790. The molecule has 0 spiro atoms. The molecule has 80 valence electrons. The molecule has 2 rings (SSSR count). The van der Waals surface area contributed by atoms with E-state index in [4.69, 9.17) is 0 Å². The Bertz CT molecular complexity index is 490. The van der Waals surface area contributed by atoms with Gasteiger partial charge in [-0.05, 0) is 6.07 Å². The minimum Gasteiger partial charge on any atom is -0.355 e. The van der Waals surface area contributed by atoms with Crippen LogP contribution in [0.1, 0.15) is 10.4 Å². The summed E-state index contributed by atoms with van der Waals surface area (Å²) < 4.78 is 1.96. The molecule has 4 heteroatoms. The van der Waals surface area contributed by atoms with E-state index in [1.165, 1.54) is 0 Å². The molecule has 1 aromatic carbocycles. The summed E-state index contributed by atoms with van der Waals surface area (Å²) in [5, 5.41) is 3.63. The number of nitrogens with one attached hydrogen (secondary N) is 1. The topological polar surface area (TPSA) is 34.0 Å². The van der Waals surface area contributed by atoms with Crippen LogP contribution >= 0.6 is 12.4 Å². The molecule has 15 heavy (non-hydrogen) atoms. The Morgan fingerprint density at radius 1 is 1.33 bits per heavy atom. The zero-order chi connectivity index (χ0) is 10.1. The smallest absolute Gasteiger partial charge is 0.253 e. The summed E-state index contributed by atoms with van der Waals surface area (Å²) in [4.78, 5) is 11.5. The lowest BCUT2D eigenvalue weighted by molar-refractivity contribution is 0.0964. The highest BCUT2D eigenvalue weighted by Crippen LogP contribution is 2.19. The van der Waals surface area contributed by atoms with E-state index >= 15 is 0 Å². The van der Waals surface area contributed by atoms with Gasteiger partial charge in [0.15, 0.2) is 0 Å². The molecule has 0 saturated heterocycles. The number of carbonyl (C=O) groups excluding carboxylic acids is 1. The molecule has 3 nitrogen and oxygen atoms in total. The Hall–Kier alpha value is -1.48. The van der Waals surface area contributed by atoms with Crippen LogP contribution in [-0.2, 0) is 7.05 Å². The van der Waals surface area contributed by atoms with Crippen molar-refractivity contribution < 1.29 is 4.79 Å². The fourth-order valence-electron chi connectivity index (χ4n) is 1.66. The van der Waals surface area contributed by atoms with Gasteiger partial charge >= 0.3 is 0 Å². The van der Waals surface area contributed by atoms with Crippen LogP contribution in [0.25, 0.3) is 10.9 Å². The van der Waals surface area contributed by atoms with Crippen molar-refractivity contribution in [2.75, 3.05) is 7.05 Å². The minimum absolute atomic E-state index is 0. The van der Waals surface area contributed by atoms with Gasteiger partial charge in [0, 0.05) is 31.2 Å². The number of aryl methyl sites for hydroxylation is 1. The highest BCUT2D eigenvalue weighted by molar-refractivity contribution is 6.06. The normalized spacial score (nSPS) is 9.73. The minimum atomic E-state index is -0.0400. The molecule has 0 aliphatic heterocycles. The van der Waals surface area contributed by atoms with Crippen LogP contribution in [0.3, 0.4) is 0 Å². The van der Waals surface area contributed by atoms with Gasteiger partial charge in [0.05, 0.1) is 5.56 Å². The molecule has 2 aromatic rings. The van der Waals surface area contributed by atoms with Crippen molar-refractivity contribution in [1.29, 1.82) is 0 Å². The second kappa shape index (κ2) is 4.36. The number of para-hydroxylation sites is 1. The highest BCUT2D eigenvalue weighted by atomic mass is 35.5. The zero-order valence-electron chi connectivity index (χ0n) is 8.65. The zero-order valence-corrected chi connectivity index (χ0v) is 9.47. The van der Waals surface area contributed by atoms with Gasteiger partial charge in [0.25, 0.3) is 5.91 Å². The molecule has 1 amide bonds. The molecule has 1 aromatic heterocycles. The first-order valence-corrected chi connectivity index (χ1v) is 4.50. The van der Waals surface area contributed by atoms with E-state index < -0.39 is 0 Å². The number of rotatable bonds is 1. The van der Waals surface area contributed by atoms with E-state index in [0.29, 0.717) is 0 Å². The number of amides is 1. The molecule has 0 aliphatic carbocycles. The molecule has 0 saturated carbocycles. The summed E-state index contributed by atoms with van der Waals surface area (Å²) in [6, 6.07) is 7.87. The van der Waals surface area contributed by atoms with Crippen LogP contribution in [0.15, 0.2) is 30.5 Å². The maximum absolute atomic E-state index is 11.5. The second-order valence-electron chi connectivity index (χ2n) is 3.25. The maximum atomic E-state index is 11.5. The van der Waals surface area contributed by atoms with E-state index in [0.717, 1.165) is 16.5 Å². The third-order valence-corrected chi connectivity index (χ3v) is 2.37. The molecule has 1 heterocycles. The standard InChI is InChI=1S/C11H12N2O.ClH/c1-12-11(14)9-7-13(2)10-6-4-3-5-8(9)10;/h3-7H,1-2H3,(H,12,14);1H. The molecular weight excluding hydrogens is 212 g/mol. The van der Waals surface area contributed by atoms with Crippen molar-refractivity contribution in [2.24, 2.45) is 7.05 Å². The molecule has 0 bridgehead atoms. The van der Waals surface area contributed by atoms with Crippen LogP contribution < -0.4 is 5.32 Å². The number of hydrogen-bond acceptors (Lipinski definition) is 1. The summed E-state index contributed by atoms with van der Waals surface area (Å²) in [5.41, 5.74) is 1.80.